The lowest BCUT2D eigenvalue weighted by Crippen LogP contribution is -2.62. The summed E-state index contributed by atoms with van der Waals surface area (Å²) < 4.78 is 27.6. The van der Waals surface area contributed by atoms with Crippen molar-refractivity contribution in [3.63, 3.8) is 0 Å². The van der Waals surface area contributed by atoms with Gasteiger partial charge in [0.25, 0.3) is 0 Å². The van der Waals surface area contributed by atoms with E-state index in [0.717, 1.165) is 19.4 Å². The maximum Gasteiger partial charge on any atom is 0.243 e. The number of benzene rings is 1. The molecule has 7 heteroatoms. The summed E-state index contributed by atoms with van der Waals surface area (Å²) in [6.45, 7) is 1.26. The second kappa shape index (κ2) is 5.11. The molecule has 3 heterocycles. The van der Waals surface area contributed by atoms with E-state index in [1.807, 2.05) is 6.07 Å². The van der Waals surface area contributed by atoms with Gasteiger partial charge in [0.05, 0.1) is 10.5 Å². The molecule has 3 fully saturated rings. The van der Waals surface area contributed by atoms with Gasteiger partial charge in [-0.05, 0) is 47.0 Å². The third-order valence-electron chi connectivity index (χ3n) is 3.97. The number of nitrogens with zero attached hydrogens (tertiary/aromatic N) is 2. The number of hydrogen-bond donors (Lipinski definition) is 1. The Morgan fingerprint density at radius 1 is 1.40 bits per heavy atom. The van der Waals surface area contributed by atoms with Crippen molar-refractivity contribution in [2.45, 2.75) is 29.8 Å². The van der Waals surface area contributed by atoms with Crippen molar-refractivity contribution in [3.8, 4) is 6.07 Å². The largest absolute Gasteiger partial charge is 0.311 e. The van der Waals surface area contributed by atoms with Gasteiger partial charge in [0.1, 0.15) is 6.07 Å². The Labute approximate surface area is 126 Å². The average molecular weight is 356 g/mol. The second-order valence-corrected chi connectivity index (χ2v) is 7.91. The number of fused-ring (bicyclic) bond motifs is 3. The molecule has 1 aromatic rings. The third kappa shape index (κ3) is 2.27. The van der Waals surface area contributed by atoms with Crippen LogP contribution in [0.1, 0.15) is 18.4 Å². The zero-order valence-corrected chi connectivity index (χ0v) is 13.1. The number of piperidine rings is 2. The van der Waals surface area contributed by atoms with E-state index in [-0.39, 0.29) is 17.0 Å². The van der Waals surface area contributed by atoms with Gasteiger partial charge in [-0.2, -0.15) is 9.57 Å². The van der Waals surface area contributed by atoms with Crippen molar-refractivity contribution in [3.05, 3.63) is 28.2 Å². The summed E-state index contributed by atoms with van der Waals surface area (Å²) in [5.74, 6) is 0. The molecule has 20 heavy (non-hydrogen) atoms. The first-order valence-corrected chi connectivity index (χ1v) is 8.70. The molecule has 3 aliphatic rings. The van der Waals surface area contributed by atoms with Crippen LogP contribution in [0.4, 0.5) is 0 Å². The maximum atomic E-state index is 12.7. The van der Waals surface area contributed by atoms with Gasteiger partial charge in [0.15, 0.2) is 0 Å². The van der Waals surface area contributed by atoms with Gasteiger partial charge in [-0.25, -0.2) is 8.42 Å². The van der Waals surface area contributed by atoms with E-state index in [9.17, 15) is 8.42 Å². The molecule has 0 amide bonds. The van der Waals surface area contributed by atoms with Crippen LogP contribution in [0.3, 0.4) is 0 Å². The highest BCUT2D eigenvalue weighted by atomic mass is 79.9. The van der Waals surface area contributed by atoms with Crippen LogP contribution in [-0.2, 0) is 10.0 Å². The van der Waals surface area contributed by atoms with Gasteiger partial charge in [0, 0.05) is 29.6 Å². The number of sulfonamides is 1. The van der Waals surface area contributed by atoms with Crippen LogP contribution < -0.4 is 5.32 Å². The topological polar surface area (TPSA) is 73.2 Å². The van der Waals surface area contributed by atoms with Crippen molar-refractivity contribution >= 4 is 26.0 Å². The predicted molar refractivity (Wildman–Crippen MR) is 77.6 cm³/mol. The summed E-state index contributed by atoms with van der Waals surface area (Å²) in [6.07, 6.45) is 1.95. The molecule has 1 N–H and O–H groups in total. The normalized spacial score (nSPS) is 26.4. The Morgan fingerprint density at radius 2 is 2.20 bits per heavy atom. The quantitative estimate of drug-likeness (QED) is 0.871. The van der Waals surface area contributed by atoms with Crippen LogP contribution in [0.2, 0.25) is 0 Å². The van der Waals surface area contributed by atoms with Crippen molar-refractivity contribution in [1.82, 2.24) is 9.62 Å². The minimum Gasteiger partial charge on any atom is -0.311 e. The standard InChI is InChI=1S/C13H14BrN3O2S/c14-13-5-12(4-1-9(13)6-15)20(18,19)17-8-10-2-3-11(17)7-16-10/h1,4-5,10-11,16H,2-3,7-8H2. The summed E-state index contributed by atoms with van der Waals surface area (Å²) in [5, 5.41) is 12.2. The smallest absolute Gasteiger partial charge is 0.243 e. The van der Waals surface area contributed by atoms with Gasteiger partial charge < -0.3 is 5.32 Å². The third-order valence-corrected chi connectivity index (χ3v) is 6.54. The molecule has 5 nitrogen and oxygen atoms in total. The van der Waals surface area contributed by atoms with Crippen molar-refractivity contribution in [1.29, 1.82) is 5.26 Å². The first kappa shape index (κ1) is 14.0. The van der Waals surface area contributed by atoms with E-state index < -0.39 is 10.0 Å². The molecular weight excluding hydrogens is 342 g/mol. The fourth-order valence-electron chi connectivity index (χ4n) is 2.85. The minimum atomic E-state index is -3.49. The molecule has 0 spiro atoms. The molecule has 0 aliphatic carbocycles. The van der Waals surface area contributed by atoms with Crippen molar-refractivity contribution in [2.24, 2.45) is 0 Å². The molecular formula is C13H14BrN3O2S. The fourth-order valence-corrected chi connectivity index (χ4v) is 5.19. The highest BCUT2D eigenvalue weighted by Gasteiger charge is 2.40. The zero-order chi connectivity index (χ0) is 14.3. The Morgan fingerprint density at radius 3 is 2.70 bits per heavy atom. The lowest BCUT2D eigenvalue weighted by Gasteiger charge is -2.44. The van der Waals surface area contributed by atoms with Crippen LogP contribution in [-0.4, -0.2) is 37.9 Å². The summed E-state index contributed by atoms with van der Waals surface area (Å²) in [5.41, 5.74) is 0.436. The van der Waals surface area contributed by atoms with Gasteiger partial charge in [0.2, 0.25) is 10.0 Å². The molecule has 3 aliphatic heterocycles. The summed E-state index contributed by atoms with van der Waals surface area (Å²) in [6, 6.07) is 6.88. The molecule has 2 unspecified atom stereocenters. The molecule has 0 saturated carbocycles. The first-order valence-electron chi connectivity index (χ1n) is 6.47. The van der Waals surface area contributed by atoms with E-state index in [1.165, 1.54) is 18.2 Å². The maximum absolute atomic E-state index is 12.7. The molecule has 1 aromatic carbocycles. The number of hydrogen-bond acceptors (Lipinski definition) is 4. The van der Waals surface area contributed by atoms with E-state index in [0.29, 0.717) is 16.6 Å². The number of nitriles is 1. The molecule has 2 atom stereocenters. The van der Waals surface area contributed by atoms with Gasteiger partial charge in [-0.1, -0.05) is 0 Å². The summed E-state index contributed by atoms with van der Waals surface area (Å²) in [4.78, 5) is 0.246. The molecule has 106 valence electrons. The number of halogens is 1. The van der Waals surface area contributed by atoms with Crippen LogP contribution in [0.25, 0.3) is 0 Å². The van der Waals surface area contributed by atoms with Gasteiger partial charge in [-0.15, -0.1) is 0 Å². The summed E-state index contributed by atoms with van der Waals surface area (Å²) in [7, 11) is -3.49. The van der Waals surface area contributed by atoms with Crippen LogP contribution in [0, 0.1) is 11.3 Å². The molecule has 0 aromatic heterocycles. The van der Waals surface area contributed by atoms with Crippen LogP contribution in [0.5, 0.6) is 0 Å². The van der Waals surface area contributed by atoms with Crippen molar-refractivity contribution in [2.75, 3.05) is 13.1 Å². The Balaban J connectivity index is 1.96. The monoisotopic (exact) mass is 355 g/mol. The zero-order valence-electron chi connectivity index (χ0n) is 10.7. The number of nitrogens with one attached hydrogen (secondary N) is 1. The molecule has 4 rings (SSSR count). The highest BCUT2D eigenvalue weighted by Crippen LogP contribution is 2.30. The Hall–Kier alpha value is -0.940. The molecule has 3 saturated heterocycles. The van der Waals surface area contributed by atoms with Crippen LogP contribution >= 0.6 is 15.9 Å². The second-order valence-electron chi connectivity index (χ2n) is 5.16. The molecule has 2 bridgehead atoms. The number of rotatable bonds is 2. The van der Waals surface area contributed by atoms with E-state index in [4.69, 9.17) is 5.26 Å². The lowest BCUT2D eigenvalue weighted by molar-refractivity contribution is 0.152. The van der Waals surface area contributed by atoms with Gasteiger partial charge >= 0.3 is 0 Å². The van der Waals surface area contributed by atoms with Crippen molar-refractivity contribution < 1.29 is 8.42 Å². The van der Waals surface area contributed by atoms with E-state index in [1.54, 1.807) is 4.31 Å². The van der Waals surface area contributed by atoms with E-state index >= 15 is 0 Å². The summed E-state index contributed by atoms with van der Waals surface area (Å²) >= 11 is 3.25. The Bertz CT molecular complexity index is 675. The predicted octanol–water partition coefficient (Wildman–Crippen LogP) is 1.45. The average Bonchev–Trinajstić information content (AvgIpc) is 2.48. The Kier molecular flexibility index (Phi) is 3.58. The SMILES string of the molecule is N#Cc1ccc(S(=O)(=O)N2CC3CCC2CN3)cc1Br. The van der Waals surface area contributed by atoms with E-state index in [2.05, 4.69) is 21.2 Å². The number of piperazine rings is 1. The van der Waals surface area contributed by atoms with Gasteiger partial charge in [-0.3, -0.25) is 0 Å². The highest BCUT2D eigenvalue weighted by molar-refractivity contribution is 9.10. The lowest BCUT2D eigenvalue weighted by atomic mass is 9.96. The first-order chi connectivity index (χ1) is 9.52. The molecule has 0 radical (unpaired) electrons. The fraction of sp³-hybridized carbons (Fsp3) is 0.462. The minimum absolute atomic E-state index is 0.0411. The van der Waals surface area contributed by atoms with Crippen LogP contribution in [0.15, 0.2) is 27.6 Å².